The number of benzene rings is 1. The molecule has 0 aliphatic carbocycles. The number of hydrogen-bond acceptors (Lipinski definition) is 4. The second-order valence-corrected chi connectivity index (χ2v) is 4.15. The van der Waals surface area contributed by atoms with E-state index in [1.54, 1.807) is 42.7 Å². The van der Waals surface area contributed by atoms with E-state index < -0.39 is 0 Å². The van der Waals surface area contributed by atoms with Crippen molar-refractivity contribution in [1.82, 2.24) is 10.3 Å². The van der Waals surface area contributed by atoms with Crippen LogP contribution >= 0.6 is 0 Å². The maximum atomic E-state index is 11.7. The number of carbonyl (C=O) groups is 1. The number of hydrogen-bond donors (Lipinski definition) is 2. The summed E-state index contributed by atoms with van der Waals surface area (Å²) in [7, 11) is 0. The van der Waals surface area contributed by atoms with E-state index in [9.17, 15) is 4.79 Å². The van der Waals surface area contributed by atoms with Crippen LogP contribution in [0.2, 0.25) is 0 Å². The zero-order valence-corrected chi connectivity index (χ0v) is 11.0. The lowest BCUT2D eigenvalue weighted by Gasteiger charge is -2.07. The molecule has 1 heterocycles. The minimum Gasteiger partial charge on any atom is -0.456 e. The van der Waals surface area contributed by atoms with Gasteiger partial charge in [-0.1, -0.05) is 0 Å². The smallest absolute Gasteiger partial charge is 0.251 e. The van der Waals surface area contributed by atoms with Crippen molar-refractivity contribution in [2.75, 3.05) is 13.2 Å². The lowest BCUT2D eigenvalue weighted by atomic mass is 10.2. The Morgan fingerprint density at radius 2 is 2.00 bits per heavy atom. The minimum absolute atomic E-state index is 0.0676. The van der Waals surface area contributed by atoms with Crippen molar-refractivity contribution < 1.29 is 14.6 Å². The number of ether oxygens (including phenoxy) is 1. The van der Waals surface area contributed by atoms with Gasteiger partial charge in [-0.25, -0.2) is 0 Å². The van der Waals surface area contributed by atoms with E-state index in [4.69, 9.17) is 9.84 Å². The topological polar surface area (TPSA) is 71.5 Å². The molecule has 0 aliphatic heterocycles. The molecule has 1 aromatic heterocycles. The fourth-order valence-corrected chi connectivity index (χ4v) is 1.60. The molecule has 104 valence electrons. The van der Waals surface area contributed by atoms with Crippen LogP contribution in [0.25, 0.3) is 0 Å². The van der Waals surface area contributed by atoms with Gasteiger partial charge in [0.1, 0.15) is 11.5 Å². The van der Waals surface area contributed by atoms with Crippen molar-refractivity contribution in [3.63, 3.8) is 0 Å². The molecule has 5 heteroatoms. The van der Waals surface area contributed by atoms with Gasteiger partial charge < -0.3 is 15.2 Å². The minimum atomic E-state index is -0.161. The van der Waals surface area contributed by atoms with Gasteiger partial charge in [-0.05, 0) is 42.8 Å². The molecule has 1 amide bonds. The van der Waals surface area contributed by atoms with Crippen LogP contribution in [0.5, 0.6) is 11.5 Å². The van der Waals surface area contributed by atoms with Crippen molar-refractivity contribution in [3.05, 3.63) is 54.4 Å². The molecule has 0 saturated heterocycles. The van der Waals surface area contributed by atoms with Gasteiger partial charge in [0.25, 0.3) is 5.91 Å². The van der Waals surface area contributed by atoms with E-state index >= 15 is 0 Å². The fraction of sp³-hybridized carbons (Fsp3) is 0.200. The quantitative estimate of drug-likeness (QED) is 0.789. The zero-order valence-electron chi connectivity index (χ0n) is 11.0. The zero-order chi connectivity index (χ0) is 14.2. The van der Waals surface area contributed by atoms with Crippen LogP contribution in [0, 0.1) is 0 Å². The van der Waals surface area contributed by atoms with E-state index in [1.807, 2.05) is 6.07 Å². The third kappa shape index (κ3) is 4.07. The molecule has 5 nitrogen and oxygen atoms in total. The standard InChI is InChI=1S/C15H16N2O3/c18-10-2-9-17-15(19)12-4-6-13(7-5-12)20-14-3-1-8-16-11-14/h1,3-8,11,18H,2,9-10H2,(H,17,19). The monoisotopic (exact) mass is 272 g/mol. The van der Waals surface area contributed by atoms with Gasteiger partial charge in [0, 0.05) is 24.9 Å². The molecular formula is C15H16N2O3. The molecule has 2 rings (SSSR count). The number of rotatable bonds is 6. The number of amides is 1. The highest BCUT2D eigenvalue weighted by molar-refractivity contribution is 5.94. The number of nitrogens with one attached hydrogen (secondary N) is 1. The number of aliphatic hydroxyl groups is 1. The fourth-order valence-electron chi connectivity index (χ4n) is 1.60. The Hall–Kier alpha value is -2.40. The first-order valence-corrected chi connectivity index (χ1v) is 6.36. The van der Waals surface area contributed by atoms with Crippen molar-refractivity contribution in [2.24, 2.45) is 0 Å². The summed E-state index contributed by atoms with van der Waals surface area (Å²) in [6, 6.07) is 10.4. The molecule has 0 unspecified atom stereocenters. The summed E-state index contributed by atoms with van der Waals surface area (Å²) >= 11 is 0. The molecule has 0 radical (unpaired) electrons. The van der Waals surface area contributed by atoms with Crippen LogP contribution in [0.3, 0.4) is 0 Å². The van der Waals surface area contributed by atoms with Crippen LogP contribution in [0.4, 0.5) is 0 Å². The van der Waals surface area contributed by atoms with Crippen LogP contribution < -0.4 is 10.1 Å². The molecule has 0 atom stereocenters. The highest BCUT2D eigenvalue weighted by Gasteiger charge is 2.05. The lowest BCUT2D eigenvalue weighted by Crippen LogP contribution is -2.24. The first-order valence-electron chi connectivity index (χ1n) is 6.36. The van der Waals surface area contributed by atoms with Gasteiger partial charge in [-0.2, -0.15) is 0 Å². The van der Waals surface area contributed by atoms with Crippen LogP contribution in [0.15, 0.2) is 48.8 Å². The van der Waals surface area contributed by atoms with Crippen LogP contribution in [0.1, 0.15) is 16.8 Å². The lowest BCUT2D eigenvalue weighted by molar-refractivity contribution is 0.0951. The maximum Gasteiger partial charge on any atom is 0.251 e. The van der Waals surface area contributed by atoms with Gasteiger partial charge in [0.05, 0.1) is 6.20 Å². The molecule has 20 heavy (non-hydrogen) atoms. The number of nitrogens with zero attached hydrogens (tertiary/aromatic N) is 1. The maximum absolute atomic E-state index is 11.7. The number of aliphatic hydroxyl groups excluding tert-OH is 1. The molecule has 0 saturated carbocycles. The van der Waals surface area contributed by atoms with Gasteiger partial charge in [0.15, 0.2) is 0 Å². The average Bonchev–Trinajstić information content (AvgIpc) is 2.49. The summed E-state index contributed by atoms with van der Waals surface area (Å²) in [6.45, 7) is 0.529. The Labute approximate surface area is 117 Å². The Kier molecular flexibility index (Phi) is 5.08. The van der Waals surface area contributed by atoms with Crippen LogP contribution in [-0.4, -0.2) is 29.1 Å². The van der Waals surface area contributed by atoms with Crippen molar-refractivity contribution in [1.29, 1.82) is 0 Å². The Morgan fingerprint density at radius 3 is 2.65 bits per heavy atom. The van der Waals surface area contributed by atoms with E-state index in [0.29, 0.717) is 30.0 Å². The number of pyridine rings is 1. The second kappa shape index (κ2) is 7.25. The van der Waals surface area contributed by atoms with Crippen molar-refractivity contribution in [2.45, 2.75) is 6.42 Å². The molecule has 1 aromatic carbocycles. The molecular weight excluding hydrogens is 256 g/mol. The van der Waals surface area contributed by atoms with E-state index in [0.717, 1.165) is 0 Å². The Morgan fingerprint density at radius 1 is 1.20 bits per heavy atom. The van der Waals surface area contributed by atoms with E-state index in [2.05, 4.69) is 10.3 Å². The Bertz CT molecular complexity index is 541. The highest BCUT2D eigenvalue weighted by atomic mass is 16.5. The molecule has 0 aliphatic rings. The van der Waals surface area contributed by atoms with Crippen molar-refractivity contribution in [3.8, 4) is 11.5 Å². The molecule has 2 aromatic rings. The van der Waals surface area contributed by atoms with Gasteiger partial charge >= 0.3 is 0 Å². The van der Waals surface area contributed by atoms with Gasteiger partial charge in [0.2, 0.25) is 0 Å². The summed E-state index contributed by atoms with van der Waals surface area (Å²) < 4.78 is 5.58. The first kappa shape index (κ1) is 14.0. The second-order valence-electron chi connectivity index (χ2n) is 4.15. The average molecular weight is 272 g/mol. The largest absolute Gasteiger partial charge is 0.456 e. The summed E-state index contributed by atoms with van der Waals surface area (Å²) in [5.41, 5.74) is 0.557. The van der Waals surface area contributed by atoms with Gasteiger partial charge in [-0.15, -0.1) is 0 Å². The van der Waals surface area contributed by atoms with Crippen LogP contribution in [-0.2, 0) is 0 Å². The molecule has 0 spiro atoms. The first-order chi connectivity index (χ1) is 9.79. The summed E-state index contributed by atoms with van der Waals surface area (Å²) in [4.78, 5) is 15.7. The van der Waals surface area contributed by atoms with E-state index in [-0.39, 0.29) is 12.5 Å². The van der Waals surface area contributed by atoms with Crippen molar-refractivity contribution >= 4 is 5.91 Å². The predicted molar refractivity (Wildman–Crippen MR) is 74.8 cm³/mol. The predicted octanol–water partition coefficient (Wildman–Crippen LogP) is 1.99. The summed E-state index contributed by atoms with van der Waals surface area (Å²) in [5.74, 6) is 1.13. The third-order valence-corrected chi connectivity index (χ3v) is 2.61. The SMILES string of the molecule is O=C(NCCCO)c1ccc(Oc2cccnc2)cc1. The third-order valence-electron chi connectivity index (χ3n) is 2.61. The molecule has 0 bridgehead atoms. The summed E-state index contributed by atoms with van der Waals surface area (Å²) in [6.07, 6.45) is 3.84. The summed E-state index contributed by atoms with van der Waals surface area (Å²) in [5, 5.41) is 11.4. The normalized spacial score (nSPS) is 10.1. The Balaban J connectivity index is 1.94. The molecule has 0 fully saturated rings. The highest BCUT2D eigenvalue weighted by Crippen LogP contribution is 2.20. The van der Waals surface area contributed by atoms with Gasteiger partial charge in [-0.3, -0.25) is 9.78 Å². The van der Waals surface area contributed by atoms with E-state index in [1.165, 1.54) is 0 Å². The number of carbonyl (C=O) groups excluding carboxylic acids is 1. The number of aromatic nitrogens is 1. The molecule has 2 N–H and O–H groups in total.